The molecule has 2 aromatic heterocycles. The summed E-state index contributed by atoms with van der Waals surface area (Å²) in [6.07, 6.45) is 7.59. The summed E-state index contributed by atoms with van der Waals surface area (Å²) >= 11 is 1.73. The van der Waals surface area contributed by atoms with Crippen molar-refractivity contribution in [2.45, 2.75) is 39.0 Å². The van der Waals surface area contributed by atoms with Crippen LogP contribution in [-0.2, 0) is 4.79 Å². The average molecular weight is 371 g/mol. The van der Waals surface area contributed by atoms with Gasteiger partial charge in [0.2, 0.25) is 5.91 Å². The van der Waals surface area contributed by atoms with Gasteiger partial charge in [-0.2, -0.15) is 0 Å². The molecule has 0 spiro atoms. The van der Waals surface area contributed by atoms with Gasteiger partial charge >= 0.3 is 0 Å². The highest BCUT2D eigenvalue weighted by atomic mass is 32.1. The molecule has 3 aliphatic rings. The molecule has 0 N–H and O–H groups in total. The Morgan fingerprint density at radius 1 is 1.12 bits per heavy atom. The molecule has 1 amide bonds. The fraction of sp³-hybridized carbons (Fsp3) is 0.650. The van der Waals surface area contributed by atoms with Crippen LogP contribution in [-0.4, -0.2) is 47.0 Å². The van der Waals surface area contributed by atoms with E-state index in [4.69, 9.17) is 0 Å². The zero-order chi connectivity index (χ0) is 17.7. The summed E-state index contributed by atoms with van der Waals surface area (Å²) in [5.41, 5.74) is 2.29. The predicted molar refractivity (Wildman–Crippen MR) is 105 cm³/mol. The number of piperidine rings is 1. The van der Waals surface area contributed by atoms with Crippen LogP contribution in [0.3, 0.4) is 0 Å². The molecule has 0 bridgehead atoms. The van der Waals surface area contributed by atoms with Gasteiger partial charge in [-0.1, -0.05) is 6.42 Å². The van der Waals surface area contributed by atoms with Crippen LogP contribution in [0.5, 0.6) is 0 Å². The summed E-state index contributed by atoms with van der Waals surface area (Å²) in [5.74, 6) is 3.24. The van der Waals surface area contributed by atoms with Crippen LogP contribution in [0, 0.1) is 24.7 Å². The Morgan fingerprint density at radius 2 is 1.85 bits per heavy atom. The van der Waals surface area contributed by atoms with Crippen LogP contribution in [0.1, 0.15) is 37.7 Å². The molecule has 2 aliphatic heterocycles. The van der Waals surface area contributed by atoms with E-state index < -0.39 is 0 Å². The smallest absolute Gasteiger partial charge is 0.225 e. The SMILES string of the molecule is Cc1csc2c(N3CCC(C(=O)N4CC5CCCC5C4)CC3)ncnc12. The molecule has 4 heterocycles. The van der Waals surface area contributed by atoms with Gasteiger partial charge in [-0.05, 0) is 55.4 Å². The lowest BCUT2D eigenvalue weighted by Gasteiger charge is -2.34. The number of rotatable bonds is 2. The molecule has 1 aliphatic carbocycles. The molecule has 26 heavy (non-hydrogen) atoms. The maximum Gasteiger partial charge on any atom is 0.225 e. The van der Waals surface area contributed by atoms with E-state index in [0.717, 1.165) is 62.2 Å². The van der Waals surface area contributed by atoms with Gasteiger partial charge < -0.3 is 9.80 Å². The van der Waals surface area contributed by atoms with E-state index in [1.54, 1.807) is 17.7 Å². The number of amides is 1. The number of likely N-dealkylation sites (tertiary alicyclic amines) is 1. The Bertz CT molecular complexity index is 814. The molecular weight excluding hydrogens is 344 g/mol. The van der Waals surface area contributed by atoms with Crippen molar-refractivity contribution in [2.24, 2.45) is 17.8 Å². The zero-order valence-electron chi connectivity index (χ0n) is 15.4. The Morgan fingerprint density at radius 3 is 2.58 bits per heavy atom. The van der Waals surface area contributed by atoms with Crippen LogP contribution in [0.25, 0.3) is 10.2 Å². The van der Waals surface area contributed by atoms with Crippen LogP contribution in [0.2, 0.25) is 0 Å². The van der Waals surface area contributed by atoms with E-state index in [0.29, 0.717) is 5.91 Å². The molecule has 0 radical (unpaired) electrons. The lowest BCUT2D eigenvalue weighted by atomic mass is 9.95. The predicted octanol–water partition coefficient (Wildman–Crippen LogP) is 3.47. The fourth-order valence-electron chi connectivity index (χ4n) is 5.19. The third kappa shape index (κ3) is 2.70. The summed E-state index contributed by atoms with van der Waals surface area (Å²) in [6, 6.07) is 0. The van der Waals surface area contributed by atoms with E-state index in [-0.39, 0.29) is 5.92 Å². The highest BCUT2D eigenvalue weighted by Gasteiger charge is 2.40. The monoisotopic (exact) mass is 370 g/mol. The molecule has 138 valence electrons. The fourth-order valence-corrected chi connectivity index (χ4v) is 6.21. The molecule has 5 rings (SSSR count). The van der Waals surface area contributed by atoms with Crippen LogP contribution >= 0.6 is 11.3 Å². The summed E-state index contributed by atoms with van der Waals surface area (Å²) in [6.45, 7) is 5.97. The molecule has 3 fully saturated rings. The maximum atomic E-state index is 13.0. The number of fused-ring (bicyclic) bond motifs is 2. The lowest BCUT2D eigenvalue weighted by molar-refractivity contribution is -0.135. The van der Waals surface area contributed by atoms with Crippen molar-refractivity contribution < 1.29 is 4.79 Å². The molecular formula is C20H26N4OS. The number of carbonyl (C=O) groups excluding carboxylic acids is 1. The van der Waals surface area contributed by atoms with Gasteiger partial charge in [-0.3, -0.25) is 4.79 Å². The molecule has 6 heteroatoms. The summed E-state index contributed by atoms with van der Waals surface area (Å²) in [5, 5.41) is 2.16. The minimum Gasteiger partial charge on any atom is -0.355 e. The Kier molecular flexibility index (Phi) is 4.11. The van der Waals surface area contributed by atoms with Crippen molar-refractivity contribution in [3.05, 3.63) is 17.3 Å². The maximum absolute atomic E-state index is 13.0. The van der Waals surface area contributed by atoms with E-state index in [2.05, 4.69) is 32.1 Å². The Balaban J connectivity index is 1.25. The molecule has 2 atom stereocenters. The Labute approximate surface area is 158 Å². The first-order valence-corrected chi connectivity index (χ1v) is 10.8. The van der Waals surface area contributed by atoms with Gasteiger partial charge in [0.05, 0.1) is 10.2 Å². The molecule has 2 saturated heterocycles. The molecule has 5 nitrogen and oxygen atoms in total. The standard InChI is InChI=1S/C20H26N4OS/c1-13-11-26-18-17(13)21-12-22-19(18)23-7-5-14(6-8-23)20(25)24-9-15-3-2-4-16(15)10-24/h11-12,14-16H,2-10H2,1H3. The van der Waals surface area contributed by atoms with Crippen LogP contribution in [0.4, 0.5) is 5.82 Å². The summed E-state index contributed by atoms with van der Waals surface area (Å²) < 4.78 is 1.18. The number of anilines is 1. The summed E-state index contributed by atoms with van der Waals surface area (Å²) in [7, 11) is 0. The first kappa shape index (κ1) is 16.5. The minimum atomic E-state index is 0.201. The third-order valence-electron chi connectivity index (χ3n) is 6.69. The topological polar surface area (TPSA) is 49.3 Å². The van der Waals surface area contributed by atoms with E-state index >= 15 is 0 Å². The van der Waals surface area contributed by atoms with Gasteiger partial charge in [0, 0.05) is 32.1 Å². The second-order valence-corrected chi connectivity index (χ2v) is 9.13. The number of carbonyl (C=O) groups is 1. The van der Waals surface area contributed by atoms with Gasteiger partial charge in [-0.25, -0.2) is 9.97 Å². The highest BCUT2D eigenvalue weighted by Crippen LogP contribution is 2.39. The largest absolute Gasteiger partial charge is 0.355 e. The number of aryl methyl sites for hydroxylation is 1. The van der Waals surface area contributed by atoms with Crippen molar-refractivity contribution in [1.29, 1.82) is 0 Å². The highest BCUT2D eigenvalue weighted by molar-refractivity contribution is 7.18. The average Bonchev–Trinajstić information content (AvgIpc) is 3.36. The number of hydrogen-bond acceptors (Lipinski definition) is 5. The number of hydrogen-bond donors (Lipinski definition) is 0. The first-order valence-electron chi connectivity index (χ1n) is 9.93. The van der Waals surface area contributed by atoms with Crippen molar-refractivity contribution in [3.63, 3.8) is 0 Å². The number of aromatic nitrogens is 2. The van der Waals surface area contributed by atoms with Crippen molar-refractivity contribution in [2.75, 3.05) is 31.1 Å². The molecule has 2 unspecified atom stereocenters. The molecule has 2 aromatic rings. The van der Waals surface area contributed by atoms with Gasteiger partial charge in [-0.15, -0.1) is 11.3 Å². The van der Waals surface area contributed by atoms with Crippen molar-refractivity contribution in [3.8, 4) is 0 Å². The second kappa shape index (κ2) is 6.48. The first-order chi connectivity index (χ1) is 12.7. The Hall–Kier alpha value is -1.69. The van der Waals surface area contributed by atoms with Crippen molar-refractivity contribution in [1.82, 2.24) is 14.9 Å². The van der Waals surface area contributed by atoms with Gasteiger partial charge in [0.15, 0.2) is 0 Å². The lowest BCUT2D eigenvalue weighted by Crippen LogP contribution is -2.42. The van der Waals surface area contributed by atoms with E-state index in [1.807, 2.05) is 0 Å². The molecule has 0 aromatic carbocycles. The number of thiophene rings is 1. The van der Waals surface area contributed by atoms with Gasteiger partial charge in [0.25, 0.3) is 0 Å². The van der Waals surface area contributed by atoms with Crippen molar-refractivity contribution >= 4 is 33.3 Å². The van der Waals surface area contributed by atoms with E-state index in [9.17, 15) is 4.79 Å². The van der Waals surface area contributed by atoms with Gasteiger partial charge in [0.1, 0.15) is 12.1 Å². The van der Waals surface area contributed by atoms with Crippen LogP contribution < -0.4 is 4.90 Å². The van der Waals surface area contributed by atoms with Crippen LogP contribution in [0.15, 0.2) is 11.7 Å². The minimum absolute atomic E-state index is 0.201. The normalized spacial score (nSPS) is 26.7. The number of nitrogens with zero attached hydrogens (tertiary/aromatic N) is 4. The quantitative estimate of drug-likeness (QED) is 0.812. The zero-order valence-corrected chi connectivity index (χ0v) is 16.2. The summed E-state index contributed by atoms with van der Waals surface area (Å²) in [4.78, 5) is 26.5. The third-order valence-corrected chi connectivity index (χ3v) is 7.78. The molecule has 1 saturated carbocycles. The van der Waals surface area contributed by atoms with E-state index in [1.165, 1.54) is 29.5 Å². The second-order valence-electron chi connectivity index (χ2n) is 8.25.